The predicted octanol–water partition coefficient (Wildman–Crippen LogP) is 3.44. The maximum absolute atomic E-state index is 6.29. The normalized spacial score (nSPS) is 15.7. The highest BCUT2D eigenvalue weighted by Crippen LogP contribution is 2.29. The number of ether oxygens (including phenoxy) is 1. The van der Waals surface area contributed by atoms with Crippen molar-refractivity contribution in [3.63, 3.8) is 0 Å². The molecule has 5 nitrogen and oxygen atoms in total. The lowest BCUT2D eigenvalue weighted by Crippen LogP contribution is -2.44. The monoisotopic (exact) mass is 356 g/mol. The number of hydrogen-bond acceptors (Lipinski definition) is 4. The predicted molar refractivity (Wildman–Crippen MR) is 102 cm³/mol. The van der Waals surface area contributed by atoms with E-state index < -0.39 is 0 Å². The van der Waals surface area contributed by atoms with Gasteiger partial charge in [0.1, 0.15) is 12.1 Å². The summed E-state index contributed by atoms with van der Waals surface area (Å²) in [5, 5.41) is 0.595. The van der Waals surface area contributed by atoms with E-state index in [0.717, 1.165) is 42.9 Å². The minimum atomic E-state index is 0.595. The summed E-state index contributed by atoms with van der Waals surface area (Å²) in [7, 11) is 3.79. The number of anilines is 1. The Morgan fingerprint density at radius 1 is 1.00 bits per heavy atom. The van der Waals surface area contributed by atoms with Gasteiger partial charge in [-0.1, -0.05) is 11.6 Å². The summed E-state index contributed by atoms with van der Waals surface area (Å²) in [6.45, 7) is 4.27. The molecule has 1 aliphatic rings. The number of methoxy groups -OCH3 is 1. The van der Waals surface area contributed by atoms with Crippen molar-refractivity contribution >= 4 is 28.3 Å². The Bertz CT molecular complexity index is 900. The third kappa shape index (κ3) is 3.05. The minimum absolute atomic E-state index is 0.595. The van der Waals surface area contributed by atoms with Crippen LogP contribution in [0.2, 0.25) is 5.02 Å². The first-order chi connectivity index (χ1) is 12.2. The molecule has 3 aromatic rings. The zero-order valence-electron chi connectivity index (χ0n) is 14.4. The van der Waals surface area contributed by atoms with Crippen molar-refractivity contribution in [3.05, 3.63) is 47.7 Å². The van der Waals surface area contributed by atoms with Crippen molar-refractivity contribution in [2.45, 2.75) is 0 Å². The molecule has 6 heteroatoms. The number of piperazine rings is 1. The molecule has 1 saturated heterocycles. The van der Waals surface area contributed by atoms with Crippen molar-refractivity contribution < 1.29 is 4.74 Å². The number of aromatic nitrogens is 2. The number of likely N-dealkylation sites (N-methyl/N-ethyl adjacent to an activating group) is 1. The third-order valence-corrected chi connectivity index (χ3v) is 5.11. The van der Waals surface area contributed by atoms with Gasteiger partial charge in [0.2, 0.25) is 0 Å². The molecule has 2 aromatic carbocycles. The average molecular weight is 357 g/mol. The van der Waals surface area contributed by atoms with Gasteiger partial charge in [-0.15, -0.1) is 0 Å². The molecule has 0 unspecified atom stereocenters. The lowest BCUT2D eigenvalue weighted by atomic mass is 10.2. The molecule has 0 aliphatic carbocycles. The fraction of sp³-hybridized carbons (Fsp3) is 0.316. The highest BCUT2D eigenvalue weighted by atomic mass is 35.5. The Kier molecular flexibility index (Phi) is 4.27. The molecule has 4 rings (SSSR count). The molecule has 0 saturated carbocycles. The first-order valence-electron chi connectivity index (χ1n) is 8.40. The summed E-state index contributed by atoms with van der Waals surface area (Å²) in [6, 6.07) is 12.2. The number of rotatable bonds is 3. The first kappa shape index (κ1) is 16.2. The summed E-state index contributed by atoms with van der Waals surface area (Å²) >= 11 is 6.29. The van der Waals surface area contributed by atoms with Gasteiger partial charge in [-0.2, -0.15) is 0 Å². The van der Waals surface area contributed by atoms with Crippen LogP contribution >= 0.6 is 11.6 Å². The van der Waals surface area contributed by atoms with Crippen molar-refractivity contribution in [2.24, 2.45) is 0 Å². The van der Waals surface area contributed by atoms with Crippen LogP contribution in [-0.2, 0) is 0 Å². The third-order valence-electron chi connectivity index (χ3n) is 4.81. The van der Waals surface area contributed by atoms with Gasteiger partial charge in [-0.3, -0.25) is 4.57 Å². The van der Waals surface area contributed by atoms with E-state index in [9.17, 15) is 0 Å². The van der Waals surface area contributed by atoms with Gasteiger partial charge < -0.3 is 14.5 Å². The minimum Gasteiger partial charge on any atom is -0.495 e. The van der Waals surface area contributed by atoms with Gasteiger partial charge in [-0.05, 0) is 43.4 Å². The molecule has 25 heavy (non-hydrogen) atoms. The summed E-state index contributed by atoms with van der Waals surface area (Å²) in [4.78, 5) is 9.32. The number of imidazole rings is 1. The molecule has 0 spiro atoms. The van der Waals surface area contributed by atoms with E-state index in [0.29, 0.717) is 10.8 Å². The molecule has 0 N–H and O–H groups in total. The highest BCUT2D eigenvalue weighted by Gasteiger charge is 2.16. The van der Waals surface area contributed by atoms with Gasteiger partial charge in [0.05, 0.1) is 23.2 Å². The molecule has 130 valence electrons. The van der Waals surface area contributed by atoms with E-state index >= 15 is 0 Å². The van der Waals surface area contributed by atoms with Crippen molar-refractivity contribution in [3.8, 4) is 11.4 Å². The number of hydrogen-bond donors (Lipinski definition) is 0. The number of fused-ring (bicyclic) bond motifs is 1. The Balaban J connectivity index is 1.73. The van der Waals surface area contributed by atoms with E-state index in [-0.39, 0.29) is 0 Å². The van der Waals surface area contributed by atoms with E-state index in [1.54, 1.807) is 7.11 Å². The van der Waals surface area contributed by atoms with Crippen molar-refractivity contribution in [2.75, 3.05) is 45.2 Å². The largest absolute Gasteiger partial charge is 0.495 e. The Morgan fingerprint density at radius 3 is 2.48 bits per heavy atom. The lowest BCUT2D eigenvalue weighted by molar-refractivity contribution is 0.313. The quantitative estimate of drug-likeness (QED) is 0.720. The van der Waals surface area contributed by atoms with E-state index in [2.05, 4.69) is 44.6 Å². The molecule has 0 atom stereocenters. The molecule has 1 aromatic heterocycles. The maximum atomic E-state index is 6.29. The van der Waals surface area contributed by atoms with E-state index in [1.165, 1.54) is 5.69 Å². The molecule has 1 aliphatic heterocycles. The van der Waals surface area contributed by atoms with Gasteiger partial charge in [0.15, 0.2) is 0 Å². The molecular weight excluding hydrogens is 336 g/mol. The van der Waals surface area contributed by atoms with E-state index in [1.807, 2.05) is 24.5 Å². The van der Waals surface area contributed by atoms with Crippen LogP contribution in [0.15, 0.2) is 42.7 Å². The Labute approximate surface area is 152 Å². The van der Waals surface area contributed by atoms with Crippen LogP contribution in [-0.4, -0.2) is 54.8 Å². The second-order valence-electron chi connectivity index (χ2n) is 6.40. The molecule has 0 bridgehead atoms. The second-order valence-corrected chi connectivity index (χ2v) is 6.80. The number of benzene rings is 2. The lowest BCUT2D eigenvalue weighted by Gasteiger charge is -2.34. The average Bonchev–Trinajstić information content (AvgIpc) is 3.05. The molecule has 0 amide bonds. The van der Waals surface area contributed by atoms with Gasteiger partial charge in [0, 0.05) is 37.6 Å². The maximum Gasteiger partial charge on any atom is 0.137 e. The summed E-state index contributed by atoms with van der Waals surface area (Å²) < 4.78 is 7.31. The zero-order valence-corrected chi connectivity index (χ0v) is 15.2. The summed E-state index contributed by atoms with van der Waals surface area (Å²) in [6.07, 6.45) is 1.84. The van der Waals surface area contributed by atoms with Gasteiger partial charge >= 0.3 is 0 Å². The fourth-order valence-electron chi connectivity index (χ4n) is 3.27. The zero-order chi connectivity index (χ0) is 17.4. The summed E-state index contributed by atoms with van der Waals surface area (Å²) in [5.41, 5.74) is 4.27. The smallest absolute Gasteiger partial charge is 0.137 e. The standard InChI is InChI=1S/C19H21ClN4O/c1-22-7-9-23(10-8-22)14-3-5-17-18(12-14)24(13-21-17)15-4-6-19(25-2)16(20)11-15/h3-6,11-13H,7-10H2,1-2H3. The summed E-state index contributed by atoms with van der Waals surface area (Å²) in [5.74, 6) is 0.674. The highest BCUT2D eigenvalue weighted by molar-refractivity contribution is 6.32. The van der Waals surface area contributed by atoms with Gasteiger partial charge in [-0.25, -0.2) is 4.98 Å². The fourth-order valence-corrected chi connectivity index (χ4v) is 3.52. The first-order valence-corrected chi connectivity index (χ1v) is 8.78. The van der Waals surface area contributed by atoms with Crippen LogP contribution in [0.1, 0.15) is 0 Å². The van der Waals surface area contributed by atoms with Crippen LogP contribution < -0.4 is 9.64 Å². The van der Waals surface area contributed by atoms with Crippen LogP contribution in [0.4, 0.5) is 5.69 Å². The Hall–Kier alpha value is -2.24. The molecule has 0 radical (unpaired) electrons. The van der Waals surface area contributed by atoms with Crippen LogP contribution in [0.25, 0.3) is 16.7 Å². The van der Waals surface area contributed by atoms with Crippen molar-refractivity contribution in [1.82, 2.24) is 14.5 Å². The molecule has 2 heterocycles. The number of halogens is 1. The van der Waals surface area contributed by atoms with Gasteiger partial charge in [0.25, 0.3) is 0 Å². The molecular formula is C19H21ClN4O. The van der Waals surface area contributed by atoms with E-state index in [4.69, 9.17) is 16.3 Å². The van der Waals surface area contributed by atoms with Crippen LogP contribution in [0.3, 0.4) is 0 Å². The molecule has 1 fully saturated rings. The van der Waals surface area contributed by atoms with Crippen molar-refractivity contribution in [1.29, 1.82) is 0 Å². The number of nitrogens with zero attached hydrogens (tertiary/aromatic N) is 4. The SMILES string of the molecule is COc1ccc(-n2cnc3ccc(N4CCN(C)CC4)cc32)cc1Cl. The second kappa shape index (κ2) is 6.58. The van der Waals surface area contributed by atoms with Crippen LogP contribution in [0, 0.1) is 0 Å². The topological polar surface area (TPSA) is 33.5 Å². The van der Waals surface area contributed by atoms with Crippen LogP contribution in [0.5, 0.6) is 5.75 Å². The Morgan fingerprint density at radius 2 is 1.76 bits per heavy atom.